The van der Waals surface area contributed by atoms with Crippen LogP contribution < -0.4 is 15.2 Å². The number of nitrogens with two attached hydrogens (primary N) is 1. The fraction of sp³-hybridized carbons (Fsp3) is 0.875. The Morgan fingerprint density at radius 2 is 2.06 bits per heavy atom. The van der Waals surface area contributed by atoms with Crippen molar-refractivity contribution in [3.8, 4) is 0 Å². The van der Waals surface area contributed by atoms with Crippen LogP contribution in [0.25, 0.3) is 0 Å². The Morgan fingerprint density at radius 1 is 1.50 bits per heavy atom. The Morgan fingerprint density at radius 3 is 2.44 bits per heavy atom. The van der Waals surface area contributed by atoms with Gasteiger partial charge in [-0.3, -0.25) is 5.41 Å². The van der Waals surface area contributed by atoms with Gasteiger partial charge in [0.15, 0.2) is 0 Å². The Labute approximate surface area is 96.4 Å². The molecule has 0 amide bonds. The van der Waals surface area contributed by atoms with Gasteiger partial charge in [-0.25, -0.2) is 0 Å². The molecule has 0 saturated carbocycles. The van der Waals surface area contributed by atoms with Gasteiger partial charge >= 0.3 is 0 Å². The number of hydrogen-bond acceptors (Lipinski definition) is 4. The highest BCUT2D eigenvalue weighted by Gasteiger charge is 2.22. The second-order valence-electron chi connectivity index (χ2n) is 3.69. The van der Waals surface area contributed by atoms with Gasteiger partial charge in [0.25, 0.3) is 10.2 Å². The van der Waals surface area contributed by atoms with Crippen LogP contribution in [0.3, 0.4) is 0 Å². The normalized spacial score (nSPS) is 14.0. The van der Waals surface area contributed by atoms with Gasteiger partial charge in [0.1, 0.15) is 5.84 Å². The number of rotatable bonds is 8. The Kier molecular flexibility index (Phi) is 6.49. The highest BCUT2D eigenvalue weighted by Crippen LogP contribution is 2.01. The molecule has 8 heteroatoms. The minimum atomic E-state index is -3.64. The fourth-order valence-electron chi connectivity index (χ4n) is 1.05. The molecule has 0 spiro atoms. The summed E-state index contributed by atoms with van der Waals surface area (Å²) in [5, 5.41) is 7.27. The zero-order valence-electron chi connectivity index (χ0n) is 9.78. The van der Waals surface area contributed by atoms with E-state index in [1.807, 2.05) is 0 Å². The van der Waals surface area contributed by atoms with Crippen LogP contribution >= 0.6 is 0 Å². The van der Waals surface area contributed by atoms with E-state index in [2.05, 4.69) is 9.44 Å². The molecule has 1 atom stereocenters. The first kappa shape index (κ1) is 15.3. The minimum absolute atomic E-state index is 0.0866. The van der Waals surface area contributed by atoms with E-state index in [0.717, 1.165) is 0 Å². The van der Waals surface area contributed by atoms with Crippen LogP contribution in [0.5, 0.6) is 0 Å². The number of methoxy groups -OCH3 is 1. The van der Waals surface area contributed by atoms with E-state index in [1.54, 1.807) is 13.8 Å². The van der Waals surface area contributed by atoms with E-state index in [-0.39, 0.29) is 24.9 Å². The molecule has 0 saturated heterocycles. The molecule has 5 N–H and O–H groups in total. The average molecular weight is 252 g/mol. The lowest BCUT2D eigenvalue weighted by Gasteiger charge is -2.20. The van der Waals surface area contributed by atoms with E-state index in [4.69, 9.17) is 15.9 Å². The molecule has 96 valence electrons. The van der Waals surface area contributed by atoms with E-state index < -0.39 is 16.3 Å². The van der Waals surface area contributed by atoms with Crippen LogP contribution in [0, 0.1) is 11.3 Å². The molecule has 0 fully saturated rings. The summed E-state index contributed by atoms with van der Waals surface area (Å²) in [7, 11) is -2.16. The number of hydrogen-bond donors (Lipinski definition) is 4. The first-order chi connectivity index (χ1) is 7.30. The van der Waals surface area contributed by atoms with E-state index in [1.165, 1.54) is 7.11 Å². The lowest BCUT2D eigenvalue weighted by molar-refractivity contribution is 0.204. The van der Waals surface area contributed by atoms with Crippen LogP contribution in [-0.4, -0.2) is 40.6 Å². The predicted molar refractivity (Wildman–Crippen MR) is 62.5 cm³/mol. The van der Waals surface area contributed by atoms with Gasteiger partial charge in [0.05, 0.1) is 12.6 Å². The quantitative estimate of drug-likeness (QED) is 0.252. The van der Waals surface area contributed by atoms with Crippen LogP contribution in [0.4, 0.5) is 0 Å². The fourth-order valence-corrected chi connectivity index (χ4v) is 2.21. The molecule has 0 heterocycles. The number of amidine groups is 1. The van der Waals surface area contributed by atoms with Gasteiger partial charge < -0.3 is 10.5 Å². The largest absolute Gasteiger partial charge is 0.386 e. The molecule has 0 aliphatic carbocycles. The molecule has 1 unspecified atom stereocenters. The lowest BCUT2D eigenvalue weighted by atomic mass is 10.1. The number of nitrogens with one attached hydrogen (secondary N) is 3. The Hall–Kier alpha value is -0.700. The zero-order chi connectivity index (χ0) is 12.8. The first-order valence-electron chi connectivity index (χ1n) is 4.90. The Bertz CT molecular complexity index is 315. The summed E-state index contributed by atoms with van der Waals surface area (Å²) in [4.78, 5) is 0. The van der Waals surface area contributed by atoms with Gasteiger partial charge in [-0.05, 0) is 5.92 Å². The molecule has 0 aliphatic rings. The van der Waals surface area contributed by atoms with Gasteiger partial charge in [-0.2, -0.15) is 17.9 Å². The van der Waals surface area contributed by atoms with Crippen LogP contribution in [-0.2, 0) is 14.9 Å². The van der Waals surface area contributed by atoms with Crippen LogP contribution in [0.2, 0.25) is 0 Å². The van der Waals surface area contributed by atoms with Crippen molar-refractivity contribution in [3.05, 3.63) is 0 Å². The SMILES string of the molecule is COCCNS(=O)(=O)NC(C(=N)N)C(C)C. The lowest BCUT2D eigenvalue weighted by Crippen LogP contribution is -2.51. The van der Waals surface area contributed by atoms with Crippen molar-refractivity contribution in [2.24, 2.45) is 11.7 Å². The van der Waals surface area contributed by atoms with Crippen molar-refractivity contribution in [1.82, 2.24) is 9.44 Å². The summed E-state index contributed by atoms with van der Waals surface area (Å²) in [6, 6.07) is -0.694. The molecular weight excluding hydrogens is 232 g/mol. The third kappa shape index (κ3) is 6.01. The second-order valence-corrected chi connectivity index (χ2v) is 5.22. The molecule has 0 aromatic heterocycles. The molecule has 7 nitrogen and oxygen atoms in total. The third-order valence-electron chi connectivity index (χ3n) is 1.88. The monoisotopic (exact) mass is 252 g/mol. The average Bonchev–Trinajstić information content (AvgIpc) is 2.13. The van der Waals surface area contributed by atoms with Gasteiger partial charge in [0.2, 0.25) is 0 Å². The summed E-state index contributed by atoms with van der Waals surface area (Å²) in [6.07, 6.45) is 0. The number of ether oxygens (including phenoxy) is 1. The molecule has 0 aliphatic heterocycles. The van der Waals surface area contributed by atoms with Crippen molar-refractivity contribution in [1.29, 1.82) is 5.41 Å². The second kappa shape index (κ2) is 6.79. The van der Waals surface area contributed by atoms with E-state index >= 15 is 0 Å². The summed E-state index contributed by atoms with van der Waals surface area (Å²) in [5.74, 6) is -0.288. The van der Waals surface area contributed by atoms with Crippen molar-refractivity contribution < 1.29 is 13.2 Å². The highest BCUT2D eigenvalue weighted by molar-refractivity contribution is 7.87. The maximum absolute atomic E-state index is 11.5. The van der Waals surface area contributed by atoms with Crippen LogP contribution in [0.1, 0.15) is 13.8 Å². The van der Waals surface area contributed by atoms with Crippen molar-refractivity contribution in [2.75, 3.05) is 20.3 Å². The molecule has 0 rings (SSSR count). The molecular formula is C8H20N4O3S. The maximum atomic E-state index is 11.5. The smallest absolute Gasteiger partial charge is 0.277 e. The van der Waals surface area contributed by atoms with Gasteiger partial charge in [-0.15, -0.1) is 0 Å². The van der Waals surface area contributed by atoms with Crippen molar-refractivity contribution >= 4 is 16.0 Å². The summed E-state index contributed by atoms with van der Waals surface area (Å²) < 4.78 is 32.3. The zero-order valence-corrected chi connectivity index (χ0v) is 10.6. The third-order valence-corrected chi connectivity index (χ3v) is 3.03. The highest BCUT2D eigenvalue weighted by atomic mass is 32.2. The molecule has 0 aromatic rings. The molecule has 0 bridgehead atoms. The summed E-state index contributed by atoms with van der Waals surface area (Å²) >= 11 is 0. The Balaban J connectivity index is 4.37. The molecule has 0 radical (unpaired) electrons. The van der Waals surface area contributed by atoms with Gasteiger partial charge in [-0.1, -0.05) is 13.8 Å². The predicted octanol–water partition coefficient (Wildman–Crippen LogP) is -0.983. The summed E-state index contributed by atoms with van der Waals surface area (Å²) in [6.45, 7) is 4.02. The van der Waals surface area contributed by atoms with Crippen molar-refractivity contribution in [2.45, 2.75) is 19.9 Å². The van der Waals surface area contributed by atoms with Gasteiger partial charge in [0, 0.05) is 13.7 Å². The van der Waals surface area contributed by atoms with E-state index in [0.29, 0.717) is 0 Å². The topological polar surface area (TPSA) is 117 Å². The first-order valence-corrected chi connectivity index (χ1v) is 6.38. The van der Waals surface area contributed by atoms with Crippen molar-refractivity contribution in [3.63, 3.8) is 0 Å². The molecule has 0 aromatic carbocycles. The van der Waals surface area contributed by atoms with E-state index in [9.17, 15) is 8.42 Å². The molecule has 16 heavy (non-hydrogen) atoms. The van der Waals surface area contributed by atoms with Crippen LogP contribution in [0.15, 0.2) is 0 Å². The standard InChI is InChI=1S/C8H20N4O3S/c1-6(2)7(8(9)10)12-16(13,14)11-4-5-15-3/h6-7,11-12H,4-5H2,1-3H3,(H3,9,10). The summed E-state index contributed by atoms with van der Waals surface area (Å²) in [5.41, 5.74) is 5.30. The maximum Gasteiger partial charge on any atom is 0.277 e. The minimum Gasteiger partial charge on any atom is -0.386 e.